The van der Waals surface area contributed by atoms with Crippen LogP contribution in [0, 0.1) is 13.8 Å². The molecule has 138 valence electrons. The fourth-order valence-corrected chi connectivity index (χ4v) is 4.27. The summed E-state index contributed by atoms with van der Waals surface area (Å²) in [5.41, 5.74) is 6.75. The summed E-state index contributed by atoms with van der Waals surface area (Å²) in [7, 11) is 0. The van der Waals surface area contributed by atoms with Crippen molar-refractivity contribution in [1.82, 2.24) is 0 Å². The highest BCUT2D eigenvalue weighted by Gasteiger charge is 2.13. The third kappa shape index (κ3) is 5.60. The number of benzene rings is 2. The molecule has 0 fully saturated rings. The monoisotopic (exact) mass is 365 g/mol. The molecule has 0 bridgehead atoms. The smallest absolute Gasteiger partial charge is 0.108 e. The topological polar surface area (TPSA) is 12.4 Å². The van der Waals surface area contributed by atoms with Gasteiger partial charge in [0, 0.05) is 16.7 Å². The van der Waals surface area contributed by atoms with Crippen molar-refractivity contribution in [3.8, 4) is 0 Å². The third-order valence-electron chi connectivity index (χ3n) is 4.62. The first-order valence-electron chi connectivity index (χ1n) is 9.65. The van der Waals surface area contributed by atoms with Gasteiger partial charge in [-0.3, -0.25) is 0 Å². The summed E-state index contributed by atoms with van der Waals surface area (Å²) < 4.78 is 0. The third-order valence-corrected chi connectivity index (χ3v) is 5.63. The molecule has 26 heavy (non-hydrogen) atoms. The Morgan fingerprint density at radius 3 is 2.54 bits per heavy atom. The molecule has 0 atom stereocenters. The largest absolute Gasteiger partial charge is 0.250 e. The van der Waals surface area contributed by atoms with E-state index in [-0.39, 0.29) is 0 Å². The molecule has 2 rings (SSSR count). The average molecular weight is 366 g/mol. The summed E-state index contributed by atoms with van der Waals surface area (Å²) in [6.07, 6.45) is 7.73. The normalized spacial score (nSPS) is 11.6. The predicted octanol–water partition coefficient (Wildman–Crippen LogP) is 7.28. The molecule has 0 saturated carbocycles. The maximum Gasteiger partial charge on any atom is 0.108 e. The van der Waals surface area contributed by atoms with Crippen LogP contribution < -0.4 is 0 Å². The van der Waals surface area contributed by atoms with Gasteiger partial charge in [0.1, 0.15) is 5.04 Å². The Kier molecular flexibility index (Phi) is 8.18. The fourth-order valence-electron chi connectivity index (χ4n) is 3.19. The Labute approximate surface area is 163 Å². The first-order chi connectivity index (χ1) is 12.6. The van der Waals surface area contributed by atoms with E-state index in [1.165, 1.54) is 58.4 Å². The summed E-state index contributed by atoms with van der Waals surface area (Å²) >= 11 is 1.72. The first-order valence-corrected chi connectivity index (χ1v) is 10.5. The van der Waals surface area contributed by atoms with Crippen LogP contribution >= 0.6 is 11.8 Å². The van der Waals surface area contributed by atoms with E-state index in [1.807, 2.05) is 0 Å². The van der Waals surface area contributed by atoms with Crippen molar-refractivity contribution in [2.45, 2.75) is 64.7 Å². The molecule has 1 nitrogen and oxygen atoms in total. The number of thioether (sulfide) groups is 1. The van der Waals surface area contributed by atoms with Crippen LogP contribution in [0.3, 0.4) is 0 Å². The second-order valence-corrected chi connectivity index (χ2v) is 7.84. The van der Waals surface area contributed by atoms with E-state index in [1.54, 1.807) is 18.0 Å². The average Bonchev–Trinajstić information content (AvgIpc) is 2.62. The van der Waals surface area contributed by atoms with Crippen molar-refractivity contribution in [1.29, 1.82) is 0 Å². The predicted molar refractivity (Wildman–Crippen MR) is 118 cm³/mol. The van der Waals surface area contributed by atoms with Gasteiger partial charge in [-0.1, -0.05) is 68.8 Å². The van der Waals surface area contributed by atoms with Crippen molar-refractivity contribution in [3.05, 3.63) is 77.0 Å². The van der Waals surface area contributed by atoms with Gasteiger partial charge in [-0.25, -0.2) is 4.99 Å². The van der Waals surface area contributed by atoms with Gasteiger partial charge in [0.15, 0.2) is 0 Å². The molecule has 0 aliphatic carbocycles. The summed E-state index contributed by atoms with van der Waals surface area (Å²) in [5, 5.41) is 1.03. The van der Waals surface area contributed by atoms with Gasteiger partial charge in [-0.2, -0.15) is 0 Å². The minimum atomic E-state index is 1.03. The zero-order chi connectivity index (χ0) is 18.9. The highest BCUT2D eigenvalue weighted by atomic mass is 32.2. The van der Waals surface area contributed by atoms with Crippen molar-refractivity contribution >= 4 is 16.8 Å². The van der Waals surface area contributed by atoms with Crippen molar-refractivity contribution < 1.29 is 0 Å². The Morgan fingerprint density at radius 2 is 1.88 bits per heavy atom. The van der Waals surface area contributed by atoms with E-state index < -0.39 is 0 Å². The number of aliphatic imine (C=N–C) groups is 1. The van der Waals surface area contributed by atoms with Gasteiger partial charge >= 0.3 is 0 Å². The highest BCUT2D eigenvalue weighted by molar-refractivity contribution is 8.14. The van der Waals surface area contributed by atoms with Gasteiger partial charge in [-0.15, -0.1) is 0 Å². The lowest BCUT2D eigenvalue weighted by Gasteiger charge is -2.15. The van der Waals surface area contributed by atoms with Crippen LogP contribution in [0.5, 0.6) is 0 Å². The molecule has 2 heteroatoms. The van der Waals surface area contributed by atoms with Gasteiger partial charge in [0.25, 0.3) is 0 Å². The SMILES string of the molecule is C=CN=C(Sc1cccc(C)c1)c1cc(CC)c(CCCCC)cc1C. The summed E-state index contributed by atoms with van der Waals surface area (Å²) in [6.45, 7) is 12.7. The lowest BCUT2D eigenvalue weighted by molar-refractivity contribution is 0.713. The summed E-state index contributed by atoms with van der Waals surface area (Å²) in [4.78, 5) is 5.82. The number of nitrogens with zero attached hydrogens (tertiary/aromatic N) is 1. The van der Waals surface area contributed by atoms with Crippen molar-refractivity contribution in [2.75, 3.05) is 0 Å². The lowest BCUT2D eigenvalue weighted by Crippen LogP contribution is -2.04. The van der Waals surface area contributed by atoms with Crippen LogP contribution in [0.2, 0.25) is 0 Å². The second-order valence-electron chi connectivity index (χ2n) is 6.78. The molecule has 0 spiro atoms. The Hall–Kier alpha value is -1.80. The molecule has 0 amide bonds. The van der Waals surface area contributed by atoms with Crippen LogP contribution in [-0.2, 0) is 12.8 Å². The van der Waals surface area contributed by atoms with Crippen LogP contribution in [0.1, 0.15) is 60.9 Å². The Bertz CT molecular complexity index is 774. The summed E-state index contributed by atoms with van der Waals surface area (Å²) in [6, 6.07) is 13.3. The van der Waals surface area contributed by atoms with Gasteiger partial charge in [0.2, 0.25) is 0 Å². The number of unbranched alkanes of at least 4 members (excludes halogenated alkanes) is 2. The molecule has 0 aliphatic heterocycles. The van der Waals surface area contributed by atoms with Crippen molar-refractivity contribution in [3.63, 3.8) is 0 Å². The molecule has 0 radical (unpaired) electrons. The minimum Gasteiger partial charge on any atom is -0.250 e. The fraction of sp³-hybridized carbons (Fsp3) is 0.375. The van der Waals surface area contributed by atoms with Crippen LogP contribution in [0.4, 0.5) is 0 Å². The number of hydrogen-bond donors (Lipinski definition) is 0. The van der Waals surface area contributed by atoms with E-state index >= 15 is 0 Å². The first kappa shape index (κ1) is 20.5. The molecule has 2 aromatic carbocycles. The van der Waals surface area contributed by atoms with E-state index in [4.69, 9.17) is 0 Å². The Morgan fingerprint density at radius 1 is 1.08 bits per heavy atom. The lowest BCUT2D eigenvalue weighted by atomic mass is 9.94. The Balaban J connectivity index is 2.36. The zero-order valence-electron chi connectivity index (χ0n) is 16.6. The maximum absolute atomic E-state index is 4.60. The number of rotatable bonds is 8. The maximum atomic E-state index is 4.60. The van der Waals surface area contributed by atoms with Crippen LogP contribution in [-0.4, -0.2) is 5.04 Å². The van der Waals surface area contributed by atoms with E-state index in [0.717, 1.165) is 11.5 Å². The van der Waals surface area contributed by atoms with Crippen LogP contribution in [0.25, 0.3) is 0 Å². The quantitative estimate of drug-likeness (QED) is 0.207. The second kappa shape index (κ2) is 10.4. The molecule has 0 aliphatic rings. The van der Waals surface area contributed by atoms with Gasteiger partial charge in [0.05, 0.1) is 0 Å². The van der Waals surface area contributed by atoms with Gasteiger partial charge in [-0.05, 0) is 68.0 Å². The standard InChI is InChI=1S/C24H31NS/c1-6-9-10-13-21-16-19(5)23(17-20(21)7-2)24(25-8-3)26-22-14-11-12-18(4)15-22/h8,11-12,14-17H,3,6-7,9-10,13H2,1-2,4-5H3. The minimum absolute atomic E-state index is 1.03. The zero-order valence-corrected chi connectivity index (χ0v) is 17.5. The summed E-state index contributed by atoms with van der Waals surface area (Å²) in [5.74, 6) is 0. The van der Waals surface area contributed by atoms with Crippen molar-refractivity contribution in [2.24, 2.45) is 4.99 Å². The van der Waals surface area contributed by atoms with Crippen LogP contribution in [0.15, 0.2) is 59.1 Å². The molecular weight excluding hydrogens is 334 g/mol. The van der Waals surface area contributed by atoms with E-state index in [0.29, 0.717) is 0 Å². The van der Waals surface area contributed by atoms with E-state index in [9.17, 15) is 0 Å². The molecule has 2 aromatic rings. The molecule has 0 heterocycles. The molecular formula is C24H31NS. The number of aryl methyl sites for hydroxylation is 4. The molecule has 0 unspecified atom stereocenters. The highest BCUT2D eigenvalue weighted by Crippen LogP contribution is 2.29. The molecule has 0 saturated heterocycles. The molecule has 0 aromatic heterocycles. The molecule has 0 N–H and O–H groups in total. The van der Waals surface area contributed by atoms with Gasteiger partial charge < -0.3 is 0 Å². The van der Waals surface area contributed by atoms with E-state index in [2.05, 4.69) is 75.7 Å². The number of hydrogen-bond acceptors (Lipinski definition) is 2.